The van der Waals surface area contributed by atoms with E-state index in [0.29, 0.717) is 5.91 Å². The van der Waals surface area contributed by atoms with Crippen molar-refractivity contribution in [1.82, 2.24) is 14.8 Å². The van der Waals surface area contributed by atoms with Gasteiger partial charge in [0.15, 0.2) is 0 Å². The fourth-order valence-corrected chi connectivity index (χ4v) is 3.96. The van der Waals surface area contributed by atoms with Gasteiger partial charge in [-0.25, -0.2) is 0 Å². The number of pyridine rings is 1. The van der Waals surface area contributed by atoms with Crippen molar-refractivity contribution in [2.45, 2.75) is 45.1 Å². The first-order chi connectivity index (χ1) is 12.6. The SMILES string of the molecule is CN(CCCN(C)C(=O)C1CCCCC1)Cc1ccc2ncccc2c1. The Hall–Kier alpha value is -1.94. The first-order valence-corrected chi connectivity index (χ1v) is 9.90. The average Bonchev–Trinajstić information content (AvgIpc) is 2.68. The highest BCUT2D eigenvalue weighted by molar-refractivity contribution is 5.79. The van der Waals surface area contributed by atoms with Crippen LogP contribution < -0.4 is 0 Å². The monoisotopic (exact) mass is 353 g/mol. The molecule has 0 atom stereocenters. The predicted octanol–water partition coefficient (Wildman–Crippen LogP) is 4.10. The molecule has 0 aliphatic heterocycles. The second-order valence-electron chi connectivity index (χ2n) is 7.72. The number of fused-ring (bicyclic) bond motifs is 1. The van der Waals surface area contributed by atoms with Crippen LogP contribution in [0.5, 0.6) is 0 Å². The van der Waals surface area contributed by atoms with Crippen LogP contribution in [0.4, 0.5) is 0 Å². The lowest BCUT2D eigenvalue weighted by atomic mass is 9.88. The molecule has 140 valence electrons. The molecule has 2 aromatic rings. The summed E-state index contributed by atoms with van der Waals surface area (Å²) in [5.74, 6) is 0.632. The van der Waals surface area contributed by atoms with Gasteiger partial charge in [-0.1, -0.05) is 31.4 Å². The summed E-state index contributed by atoms with van der Waals surface area (Å²) in [5.41, 5.74) is 2.35. The number of hydrogen-bond donors (Lipinski definition) is 0. The largest absolute Gasteiger partial charge is 0.345 e. The molecule has 1 amide bonds. The predicted molar refractivity (Wildman–Crippen MR) is 107 cm³/mol. The third-order valence-electron chi connectivity index (χ3n) is 5.48. The van der Waals surface area contributed by atoms with Crippen LogP contribution in [0.15, 0.2) is 36.5 Å². The van der Waals surface area contributed by atoms with Crippen LogP contribution in [0.25, 0.3) is 10.9 Å². The van der Waals surface area contributed by atoms with Gasteiger partial charge in [0.1, 0.15) is 0 Å². The molecule has 0 unspecified atom stereocenters. The van der Waals surface area contributed by atoms with E-state index in [2.05, 4.69) is 41.2 Å². The molecule has 0 N–H and O–H groups in total. The number of carbonyl (C=O) groups excluding carboxylic acids is 1. The summed E-state index contributed by atoms with van der Waals surface area (Å²) in [7, 11) is 4.11. The Kier molecular flexibility index (Phi) is 6.62. The van der Waals surface area contributed by atoms with E-state index in [1.165, 1.54) is 30.2 Å². The van der Waals surface area contributed by atoms with Crippen molar-refractivity contribution >= 4 is 16.8 Å². The molecule has 1 aromatic carbocycles. The highest BCUT2D eigenvalue weighted by Crippen LogP contribution is 2.25. The normalized spacial score (nSPS) is 15.5. The van der Waals surface area contributed by atoms with Crippen LogP contribution in [0.3, 0.4) is 0 Å². The van der Waals surface area contributed by atoms with E-state index in [9.17, 15) is 4.79 Å². The Bertz CT molecular complexity index is 724. The van der Waals surface area contributed by atoms with E-state index in [1.807, 2.05) is 24.2 Å². The van der Waals surface area contributed by atoms with Crippen molar-refractivity contribution in [2.75, 3.05) is 27.2 Å². The highest BCUT2D eigenvalue weighted by atomic mass is 16.2. The van der Waals surface area contributed by atoms with E-state index in [-0.39, 0.29) is 5.92 Å². The molecule has 0 bridgehead atoms. The Morgan fingerprint density at radius 1 is 1.12 bits per heavy atom. The molecule has 26 heavy (non-hydrogen) atoms. The smallest absolute Gasteiger partial charge is 0.225 e. The maximum Gasteiger partial charge on any atom is 0.225 e. The van der Waals surface area contributed by atoms with Crippen LogP contribution in [-0.2, 0) is 11.3 Å². The van der Waals surface area contributed by atoms with E-state index in [4.69, 9.17) is 0 Å². The lowest BCUT2D eigenvalue weighted by Gasteiger charge is -2.27. The fourth-order valence-electron chi connectivity index (χ4n) is 3.96. The Labute approximate surface area is 157 Å². The van der Waals surface area contributed by atoms with Crippen molar-refractivity contribution < 1.29 is 4.79 Å². The van der Waals surface area contributed by atoms with Gasteiger partial charge < -0.3 is 9.80 Å². The summed E-state index contributed by atoms with van der Waals surface area (Å²) in [6.07, 6.45) is 8.74. The van der Waals surface area contributed by atoms with Crippen molar-refractivity contribution in [3.05, 3.63) is 42.1 Å². The molecule has 4 nitrogen and oxygen atoms in total. The van der Waals surface area contributed by atoms with Gasteiger partial charge in [0.2, 0.25) is 5.91 Å². The van der Waals surface area contributed by atoms with Crippen LogP contribution >= 0.6 is 0 Å². The van der Waals surface area contributed by atoms with Crippen LogP contribution in [0.1, 0.15) is 44.1 Å². The zero-order valence-corrected chi connectivity index (χ0v) is 16.2. The van der Waals surface area contributed by atoms with Gasteiger partial charge in [-0.05, 0) is 56.6 Å². The zero-order valence-electron chi connectivity index (χ0n) is 16.2. The molecule has 4 heteroatoms. The van der Waals surface area contributed by atoms with Crippen LogP contribution in [0, 0.1) is 5.92 Å². The molecular formula is C22H31N3O. The first kappa shape index (κ1) is 18.8. The number of rotatable bonds is 7. The average molecular weight is 354 g/mol. The lowest BCUT2D eigenvalue weighted by Crippen LogP contribution is -2.35. The van der Waals surface area contributed by atoms with E-state index >= 15 is 0 Å². The number of benzene rings is 1. The molecule has 1 aliphatic carbocycles. The quantitative estimate of drug-likeness (QED) is 0.752. The summed E-state index contributed by atoms with van der Waals surface area (Å²) in [6, 6.07) is 10.6. The standard InChI is InChI=1S/C22H31N3O/c1-24(17-18-11-12-21-20(16-18)10-6-13-23-21)14-7-15-25(2)22(26)19-8-4-3-5-9-19/h6,10-13,16,19H,3-5,7-9,14-15,17H2,1-2H3. The number of nitrogens with zero attached hydrogens (tertiary/aromatic N) is 3. The molecule has 0 saturated heterocycles. The molecule has 0 radical (unpaired) electrons. The number of carbonyl (C=O) groups is 1. The molecule has 0 spiro atoms. The molecular weight excluding hydrogens is 322 g/mol. The number of amides is 1. The van der Waals surface area contributed by atoms with E-state index < -0.39 is 0 Å². The molecule has 1 aromatic heterocycles. The minimum absolute atomic E-state index is 0.276. The second kappa shape index (κ2) is 9.13. The van der Waals surface area contributed by atoms with E-state index in [0.717, 1.165) is 44.4 Å². The van der Waals surface area contributed by atoms with Gasteiger partial charge in [0.05, 0.1) is 5.52 Å². The molecule has 3 rings (SSSR count). The van der Waals surface area contributed by atoms with Crippen molar-refractivity contribution in [2.24, 2.45) is 5.92 Å². The van der Waals surface area contributed by atoms with Crippen LogP contribution in [0.2, 0.25) is 0 Å². The van der Waals surface area contributed by atoms with Gasteiger partial charge in [-0.3, -0.25) is 9.78 Å². The first-order valence-electron chi connectivity index (χ1n) is 9.90. The number of hydrogen-bond acceptors (Lipinski definition) is 3. The molecule has 1 fully saturated rings. The van der Waals surface area contributed by atoms with Gasteiger partial charge in [-0.2, -0.15) is 0 Å². The Morgan fingerprint density at radius 3 is 2.73 bits per heavy atom. The maximum absolute atomic E-state index is 12.5. The lowest BCUT2D eigenvalue weighted by molar-refractivity contribution is -0.135. The molecule has 1 saturated carbocycles. The zero-order chi connectivity index (χ0) is 18.4. The van der Waals surface area contributed by atoms with Crippen molar-refractivity contribution in [3.8, 4) is 0 Å². The summed E-state index contributed by atoms with van der Waals surface area (Å²) in [4.78, 5) is 21.1. The summed E-state index contributed by atoms with van der Waals surface area (Å²) < 4.78 is 0. The van der Waals surface area contributed by atoms with Gasteiger partial charge in [0, 0.05) is 37.6 Å². The van der Waals surface area contributed by atoms with E-state index in [1.54, 1.807) is 0 Å². The van der Waals surface area contributed by atoms with Gasteiger partial charge >= 0.3 is 0 Å². The summed E-state index contributed by atoms with van der Waals surface area (Å²) in [5, 5.41) is 1.19. The second-order valence-corrected chi connectivity index (χ2v) is 7.72. The van der Waals surface area contributed by atoms with Crippen LogP contribution in [-0.4, -0.2) is 47.9 Å². The molecule has 1 aliphatic rings. The minimum atomic E-state index is 0.276. The van der Waals surface area contributed by atoms with Gasteiger partial charge in [-0.15, -0.1) is 0 Å². The third-order valence-corrected chi connectivity index (χ3v) is 5.48. The summed E-state index contributed by atoms with van der Waals surface area (Å²) >= 11 is 0. The topological polar surface area (TPSA) is 36.4 Å². The minimum Gasteiger partial charge on any atom is -0.345 e. The Morgan fingerprint density at radius 2 is 1.92 bits per heavy atom. The Balaban J connectivity index is 1.43. The fraction of sp³-hybridized carbons (Fsp3) is 0.545. The van der Waals surface area contributed by atoms with Crippen molar-refractivity contribution in [3.63, 3.8) is 0 Å². The summed E-state index contributed by atoms with van der Waals surface area (Å²) in [6.45, 7) is 2.76. The third kappa shape index (κ3) is 5.04. The van der Waals surface area contributed by atoms with Gasteiger partial charge in [0.25, 0.3) is 0 Å². The van der Waals surface area contributed by atoms with Crippen molar-refractivity contribution in [1.29, 1.82) is 0 Å². The highest BCUT2D eigenvalue weighted by Gasteiger charge is 2.23. The molecule has 1 heterocycles. The maximum atomic E-state index is 12.5. The number of aromatic nitrogens is 1.